The summed E-state index contributed by atoms with van der Waals surface area (Å²) in [7, 11) is 0. The summed E-state index contributed by atoms with van der Waals surface area (Å²) in [6.07, 6.45) is 1.95. The van der Waals surface area contributed by atoms with Crippen molar-refractivity contribution in [1.29, 1.82) is 0 Å². The quantitative estimate of drug-likeness (QED) is 0.723. The Morgan fingerprint density at radius 3 is 2.76 bits per heavy atom. The van der Waals surface area contributed by atoms with E-state index in [0.29, 0.717) is 5.41 Å². The molecule has 96 valence electrons. The molecule has 1 fully saturated rings. The average Bonchev–Trinajstić information content (AvgIpc) is 2.80. The van der Waals surface area contributed by atoms with Crippen molar-refractivity contribution in [3.8, 4) is 0 Å². The standard InChI is InChI=1S/C13H24N4/c1-13(2,10-16-12-4-3-5-15-12)11-17-8-6-14-7-9-17/h3-5,14-16H,6-11H2,1-2H3. The first kappa shape index (κ1) is 12.5. The lowest BCUT2D eigenvalue weighted by atomic mass is 9.92. The number of rotatable bonds is 5. The van der Waals surface area contributed by atoms with Crippen molar-refractivity contribution in [3.05, 3.63) is 18.3 Å². The normalized spacial score (nSPS) is 18.2. The van der Waals surface area contributed by atoms with Crippen LogP contribution in [-0.2, 0) is 0 Å². The van der Waals surface area contributed by atoms with Gasteiger partial charge in [0.25, 0.3) is 0 Å². The second kappa shape index (κ2) is 5.56. The second-order valence-corrected chi connectivity index (χ2v) is 5.63. The zero-order valence-corrected chi connectivity index (χ0v) is 10.9. The van der Waals surface area contributed by atoms with Gasteiger partial charge in [-0.2, -0.15) is 0 Å². The Balaban J connectivity index is 1.77. The lowest BCUT2D eigenvalue weighted by Gasteiger charge is -2.35. The third-order valence-electron chi connectivity index (χ3n) is 3.22. The minimum Gasteiger partial charge on any atom is -0.371 e. The molecule has 4 heteroatoms. The van der Waals surface area contributed by atoms with Crippen LogP contribution in [0.1, 0.15) is 13.8 Å². The molecule has 0 atom stereocenters. The lowest BCUT2D eigenvalue weighted by Crippen LogP contribution is -2.48. The Morgan fingerprint density at radius 2 is 2.12 bits per heavy atom. The molecule has 1 aromatic rings. The van der Waals surface area contributed by atoms with Crippen LogP contribution in [0.15, 0.2) is 18.3 Å². The molecule has 0 bridgehead atoms. The first-order valence-corrected chi connectivity index (χ1v) is 6.46. The Hall–Kier alpha value is -1.00. The first-order chi connectivity index (χ1) is 8.16. The van der Waals surface area contributed by atoms with Crippen LogP contribution in [-0.4, -0.2) is 49.2 Å². The Morgan fingerprint density at radius 1 is 1.35 bits per heavy atom. The summed E-state index contributed by atoms with van der Waals surface area (Å²) in [4.78, 5) is 5.73. The van der Waals surface area contributed by atoms with Gasteiger partial charge in [-0.25, -0.2) is 0 Å². The van der Waals surface area contributed by atoms with Crippen LogP contribution in [0.3, 0.4) is 0 Å². The summed E-state index contributed by atoms with van der Waals surface area (Å²) in [5.41, 5.74) is 0.294. The third-order valence-corrected chi connectivity index (χ3v) is 3.22. The van der Waals surface area contributed by atoms with Crippen molar-refractivity contribution in [2.24, 2.45) is 5.41 Å². The van der Waals surface area contributed by atoms with Crippen molar-refractivity contribution < 1.29 is 0 Å². The monoisotopic (exact) mass is 236 g/mol. The fourth-order valence-corrected chi connectivity index (χ4v) is 2.31. The number of aromatic nitrogens is 1. The highest BCUT2D eigenvalue weighted by molar-refractivity contribution is 5.34. The molecule has 0 aromatic carbocycles. The molecular weight excluding hydrogens is 212 g/mol. The van der Waals surface area contributed by atoms with E-state index in [2.05, 4.69) is 40.4 Å². The highest BCUT2D eigenvalue weighted by Gasteiger charge is 2.22. The van der Waals surface area contributed by atoms with Gasteiger partial charge >= 0.3 is 0 Å². The smallest absolute Gasteiger partial charge is 0.103 e. The summed E-state index contributed by atoms with van der Waals surface area (Å²) in [6.45, 7) is 11.4. The summed E-state index contributed by atoms with van der Waals surface area (Å²) in [5.74, 6) is 1.11. The minimum atomic E-state index is 0.294. The summed E-state index contributed by atoms with van der Waals surface area (Å²) in [6, 6.07) is 4.09. The predicted molar refractivity (Wildman–Crippen MR) is 72.4 cm³/mol. The lowest BCUT2D eigenvalue weighted by molar-refractivity contribution is 0.168. The average molecular weight is 236 g/mol. The number of hydrogen-bond acceptors (Lipinski definition) is 3. The van der Waals surface area contributed by atoms with E-state index in [-0.39, 0.29) is 0 Å². The Labute approximate surface area is 104 Å². The molecule has 1 aliphatic heterocycles. The molecule has 0 radical (unpaired) electrons. The van der Waals surface area contributed by atoms with Crippen LogP contribution < -0.4 is 10.6 Å². The molecule has 17 heavy (non-hydrogen) atoms. The van der Waals surface area contributed by atoms with Crippen LogP contribution in [0.5, 0.6) is 0 Å². The van der Waals surface area contributed by atoms with Crippen molar-refractivity contribution in [2.75, 3.05) is 44.6 Å². The fraction of sp³-hybridized carbons (Fsp3) is 0.692. The van der Waals surface area contributed by atoms with E-state index in [0.717, 1.165) is 32.0 Å². The molecule has 0 unspecified atom stereocenters. The molecule has 2 heterocycles. The number of nitrogens with zero attached hydrogens (tertiary/aromatic N) is 1. The molecule has 1 aromatic heterocycles. The maximum absolute atomic E-state index is 3.46. The third kappa shape index (κ3) is 4.06. The van der Waals surface area contributed by atoms with Gasteiger partial charge in [0.2, 0.25) is 0 Å². The van der Waals surface area contributed by atoms with Crippen molar-refractivity contribution in [3.63, 3.8) is 0 Å². The van der Waals surface area contributed by atoms with Crippen molar-refractivity contribution in [2.45, 2.75) is 13.8 Å². The maximum Gasteiger partial charge on any atom is 0.103 e. The first-order valence-electron chi connectivity index (χ1n) is 6.46. The van der Waals surface area contributed by atoms with E-state index in [1.165, 1.54) is 13.1 Å². The van der Waals surface area contributed by atoms with E-state index in [1.54, 1.807) is 0 Å². The zero-order chi connectivity index (χ0) is 12.1. The van der Waals surface area contributed by atoms with Crippen LogP contribution in [0.4, 0.5) is 5.82 Å². The molecule has 0 amide bonds. The topological polar surface area (TPSA) is 43.1 Å². The maximum atomic E-state index is 3.46. The zero-order valence-electron chi connectivity index (χ0n) is 10.9. The predicted octanol–water partition coefficient (Wildman–Crippen LogP) is 1.36. The number of H-pyrrole nitrogens is 1. The van der Waals surface area contributed by atoms with Crippen LogP contribution in [0.2, 0.25) is 0 Å². The molecule has 1 saturated heterocycles. The van der Waals surface area contributed by atoms with Gasteiger partial charge in [-0.05, 0) is 17.5 Å². The van der Waals surface area contributed by atoms with Crippen LogP contribution in [0.25, 0.3) is 0 Å². The van der Waals surface area contributed by atoms with Gasteiger partial charge in [0, 0.05) is 45.5 Å². The van der Waals surface area contributed by atoms with Gasteiger partial charge in [-0.3, -0.25) is 0 Å². The van der Waals surface area contributed by atoms with E-state index in [4.69, 9.17) is 0 Å². The Bertz CT molecular complexity index is 312. The van der Waals surface area contributed by atoms with Gasteiger partial charge in [0.1, 0.15) is 5.82 Å². The largest absolute Gasteiger partial charge is 0.371 e. The second-order valence-electron chi connectivity index (χ2n) is 5.63. The van der Waals surface area contributed by atoms with E-state index in [1.807, 2.05) is 12.3 Å². The molecule has 1 aliphatic rings. The van der Waals surface area contributed by atoms with Gasteiger partial charge in [-0.1, -0.05) is 13.8 Å². The van der Waals surface area contributed by atoms with Crippen LogP contribution in [0, 0.1) is 5.41 Å². The summed E-state index contributed by atoms with van der Waals surface area (Å²) >= 11 is 0. The number of hydrogen-bond donors (Lipinski definition) is 3. The van der Waals surface area contributed by atoms with Gasteiger partial charge in [0.15, 0.2) is 0 Å². The number of anilines is 1. The van der Waals surface area contributed by atoms with E-state index >= 15 is 0 Å². The highest BCUT2D eigenvalue weighted by atomic mass is 15.2. The van der Waals surface area contributed by atoms with E-state index < -0.39 is 0 Å². The van der Waals surface area contributed by atoms with Crippen molar-refractivity contribution >= 4 is 5.82 Å². The summed E-state index contributed by atoms with van der Waals surface area (Å²) < 4.78 is 0. The molecular formula is C13H24N4. The minimum absolute atomic E-state index is 0.294. The SMILES string of the molecule is CC(C)(CNc1ccc[nH]1)CN1CCNCC1. The molecule has 0 spiro atoms. The van der Waals surface area contributed by atoms with Crippen LogP contribution >= 0.6 is 0 Å². The molecule has 0 saturated carbocycles. The van der Waals surface area contributed by atoms with Crippen molar-refractivity contribution in [1.82, 2.24) is 15.2 Å². The number of aromatic amines is 1. The number of piperazine rings is 1. The Kier molecular flexibility index (Phi) is 4.07. The van der Waals surface area contributed by atoms with Gasteiger partial charge < -0.3 is 20.5 Å². The van der Waals surface area contributed by atoms with Gasteiger partial charge in [-0.15, -0.1) is 0 Å². The van der Waals surface area contributed by atoms with Gasteiger partial charge in [0.05, 0.1) is 0 Å². The molecule has 0 aliphatic carbocycles. The molecule has 2 rings (SSSR count). The summed E-state index contributed by atoms with van der Waals surface area (Å²) in [5, 5.41) is 6.85. The fourth-order valence-electron chi connectivity index (χ4n) is 2.31. The molecule has 4 nitrogen and oxygen atoms in total. The molecule has 3 N–H and O–H groups in total. The highest BCUT2D eigenvalue weighted by Crippen LogP contribution is 2.18. The number of nitrogens with one attached hydrogen (secondary N) is 3. The van der Waals surface area contributed by atoms with E-state index in [9.17, 15) is 0 Å².